The van der Waals surface area contributed by atoms with E-state index < -0.39 is 40.6 Å². The molecule has 0 spiro atoms. The maximum absolute atomic E-state index is 10.2. The third kappa shape index (κ3) is 6.49. The normalized spacial score (nSPS) is 30.8. The standard InChI is InChI=1S/C14H29O6S.ClH/c1-2-3-4-5-20-12(6-15)10(17)8-21-9-11(18)14(19)13(21)7-16;/h10-19H,2-9H2,1H3;1H/q+1;/p-1/t10-,11-,12+,13-,14+,21?;/m1./s1. The second-order valence-corrected chi connectivity index (χ2v) is 7.86. The van der Waals surface area contributed by atoms with Gasteiger partial charge in [0, 0.05) is 17.5 Å². The van der Waals surface area contributed by atoms with E-state index >= 15 is 0 Å². The summed E-state index contributed by atoms with van der Waals surface area (Å²) in [4.78, 5) is 0. The SMILES string of the molecule is CCCCCO[C@@H](CO)[C@H](O)C[S+]1C[C@@H](O)[C@H](O)[C@H]1CO.[Cl-]. The third-order valence-electron chi connectivity index (χ3n) is 3.84. The molecule has 0 saturated carbocycles. The number of ether oxygens (including phenoxy) is 1. The van der Waals surface area contributed by atoms with Gasteiger partial charge in [-0.15, -0.1) is 0 Å². The van der Waals surface area contributed by atoms with Crippen LogP contribution in [0.1, 0.15) is 26.2 Å². The molecule has 6 atom stereocenters. The molecule has 1 aliphatic heterocycles. The van der Waals surface area contributed by atoms with Gasteiger partial charge in [-0.25, -0.2) is 0 Å². The molecule has 1 fully saturated rings. The minimum Gasteiger partial charge on any atom is -1.00 e. The summed E-state index contributed by atoms with van der Waals surface area (Å²) in [6.07, 6.45) is -0.284. The molecule has 0 radical (unpaired) electrons. The highest BCUT2D eigenvalue weighted by atomic mass is 35.5. The van der Waals surface area contributed by atoms with Gasteiger partial charge in [0.15, 0.2) is 5.25 Å². The van der Waals surface area contributed by atoms with Gasteiger partial charge in [0.1, 0.15) is 35.9 Å². The van der Waals surface area contributed by atoms with E-state index in [4.69, 9.17) is 4.74 Å². The van der Waals surface area contributed by atoms with Crippen LogP contribution in [0.5, 0.6) is 0 Å². The van der Waals surface area contributed by atoms with Crippen molar-refractivity contribution in [2.24, 2.45) is 0 Å². The Morgan fingerprint density at radius 3 is 2.45 bits per heavy atom. The van der Waals surface area contributed by atoms with Crippen molar-refractivity contribution >= 4 is 10.9 Å². The van der Waals surface area contributed by atoms with Crippen LogP contribution in [0.2, 0.25) is 0 Å². The van der Waals surface area contributed by atoms with E-state index in [9.17, 15) is 25.5 Å². The summed E-state index contributed by atoms with van der Waals surface area (Å²) in [5.74, 6) is 0.690. The van der Waals surface area contributed by atoms with E-state index in [1.165, 1.54) is 0 Å². The zero-order chi connectivity index (χ0) is 15.8. The Labute approximate surface area is 141 Å². The smallest absolute Gasteiger partial charge is 0.169 e. The maximum atomic E-state index is 10.2. The third-order valence-corrected chi connectivity index (χ3v) is 6.67. The molecule has 5 N–H and O–H groups in total. The van der Waals surface area contributed by atoms with Crippen LogP contribution in [0, 0.1) is 0 Å². The lowest BCUT2D eigenvalue weighted by molar-refractivity contribution is -0.0554. The molecular weight excluding hydrogens is 332 g/mol. The number of aliphatic hydroxyl groups excluding tert-OH is 5. The lowest BCUT2D eigenvalue weighted by Crippen LogP contribution is -3.00. The van der Waals surface area contributed by atoms with Crippen molar-refractivity contribution in [3.05, 3.63) is 0 Å². The molecule has 0 aromatic carbocycles. The minimum absolute atomic E-state index is 0. The Balaban J connectivity index is 0.00000441. The van der Waals surface area contributed by atoms with E-state index in [2.05, 4.69) is 6.92 Å². The highest BCUT2D eigenvalue weighted by Gasteiger charge is 2.50. The Hall–Kier alpha value is 0.400. The van der Waals surface area contributed by atoms with Crippen LogP contribution in [0.4, 0.5) is 0 Å². The monoisotopic (exact) mass is 360 g/mol. The van der Waals surface area contributed by atoms with Gasteiger partial charge in [0.2, 0.25) is 0 Å². The fourth-order valence-corrected chi connectivity index (χ4v) is 5.20. The highest BCUT2D eigenvalue weighted by Crippen LogP contribution is 2.25. The van der Waals surface area contributed by atoms with E-state index in [1.54, 1.807) is 0 Å². The number of rotatable bonds is 10. The van der Waals surface area contributed by atoms with Crippen molar-refractivity contribution in [3.63, 3.8) is 0 Å². The van der Waals surface area contributed by atoms with Crippen LogP contribution in [0.3, 0.4) is 0 Å². The molecule has 1 unspecified atom stereocenters. The van der Waals surface area contributed by atoms with Gasteiger partial charge >= 0.3 is 0 Å². The fraction of sp³-hybridized carbons (Fsp3) is 1.00. The van der Waals surface area contributed by atoms with Crippen LogP contribution in [0.15, 0.2) is 0 Å². The number of unbranched alkanes of at least 4 members (excludes halogenated alkanes) is 2. The highest BCUT2D eigenvalue weighted by molar-refractivity contribution is 7.97. The molecule has 22 heavy (non-hydrogen) atoms. The zero-order valence-corrected chi connectivity index (χ0v) is 14.5. The van der Waals surface area contributed by atoms with E-state index in [0.717, 1.165) is 19.3 Å². The number of hydrogen-bond acceptors (Lipinski definition) is 6. The number of hydrogen-bond donors (Lipinski definition) is 5. The van der Waals surface area contributed by atoms with Crippen LogP contribution in [-0.2, 0) is 15.6 Å². The summed E-state index contributed by atoms with van der Waals surface area (Å²) in [7, 11) is -0.478. The number of aliphatic hydroxyl groups is 5. The summed E-state index contributed by atoms with van der Waals surface area (Å²) in [5.41, 5.74) is 0. The molecule has 0 bridgehead atoms. The molecule has 0 amide bonds. The molecule has 0 aliphatic carbocycles. The zero-order valence-electron chi connectivity index (χ0n) is 13.0. The first-order valence-electron chi connectivity index (χ1n) is 7.58. The van der Waals surface area contributed by atoms with Gasteiger partial charge in [-0.3, -0.25) is 0 Å². The van der Waals surface area contributed by atoms with E-state index in [0.29, 0.717) is 18.1 Å². The van der Waals surface area contributed by atoms with Gasteiger partial charge in [0.25, 0.3) is 0 Å². The van der Waals surface area contributed by atoms with Crippen molar-refractivity contribution in [2.75, 3.05) is 31.3 Å². The summed E-state index contributed by atoms with van der Waals surface area (Å²) < 4.78 is 5.50. The molecular formula is C14H29ClO6S. The summed E-state index contributed by atoms with van der Waals surface area (Å²) in [6, 6.07) is 0. The van der Waals surface area contributed by atoms with Crippen LogP contribution in [-0.4, -0.2) is 86.5 Å². The molecule has 6 nitrogen and oxygen atoms in total. The molecule has 1 aliphatic rings. The van der Waals surface area contributed by atoms with Gasteiger partial charge < -0.3 is 42.7 Å². The van der Waals surface area contributed by atoms with E-state index in [1.807, 2.05) is 0 Å². The molecule has 0 aromatic rings. The van der Waals surface area contributed by atoms with Crippen molar-refractivity contribution < 1.29 is 42.7 Å². The predicted molar refractivity (Wildman–Crippen MR) is 82.3 cm³/mol. The molecule has 1 heterocycles. The first-order chi connectivity index (χ1) is 10.0. The molecule has 1 rings (SSSR count). The van der Waals surface area contributed by atoms with Crippen molar-refractivity contribution in [2.45, 2.75) is 55.9 Å². The van der Waals surface area contributed by atoms with Crippen LogP contribution in [0.25, 0.3) is 0 Å². The predicted octanol–water partition coefficient (Wildman–Crippen LogP) is -4.37. The molecule has 0 aromatic heterocycles. The van der Waals surface area contributed by atoms with Crippen molar-refractivity contribution in [1.82, 2.24) is 0 Å². The first-order valence-corrected chi connectivity index (χ1v) is 9.21. The summed E-state index contributed by atoms with van der Waals surface area (Å²) in [5, 5.41) is 47.8. The lowest BCUT2D eigenvalue weighted by Gasteiger charge is -2.22. The van der Waals surface area contributed by atoms with Gasteiger partial charge in [0.05, 0.1) is 13.2 Å². The summed E-state index contributed by atoms with van der Waals surface area (Å²) in [6.45, 7) is 2.11. The first kappa shape index (κ1) is 22.4. The second kappa shape index (κ2) is 11.9. The molecule has 1 saturated heterocycles. The average Bonchev–Trinajstić information content (AvgIpc) is 2.73. The molecule has 134 valence electrons. The lowest BCUT2D eigenvalue weighted by atomic mass is 10.2. The van der Waals surface area contributed by atoms with Gasteiger partial charge in [-0.1, -0.05) is 19.8 Å². The van der Waals surface area contributed by atoms with Crippen molar-refractivity contribution in [3.8, 4) is 0 Å². The Morgan fingerprint density at radius 2 is 1.91 bits per heavy atom. The van der Waals surface area contributed by atoms with Gasteiger partial charge in [-0.2, -0.15) is 0 Å². The second-order valence-electron chi connectivity index (χ2n) is 5.52. The van der Waals surface area contributed by atoms with Crippen molar-refractivity contribution in [1.29, 1.82) is 0 Å². The molecule has 8 heteroatoms. The number of halogens is 1. The quantitative estimate of drug-likeness (QED) is 0.199. The van der Waals surface area contributed by atoms with Gasteiger partial charge in [-0.05, 0) is 6.42 Å². The minimum atomic E-state index is -0.941. The van der Waals surface area contributed by atoms with Crippen LogP contribution >= 0.6 is 0 Å². The fourth-order valence-electron chi connectivity index (χ4n) is 2.49. The largest absolute Gasteiger partial charge is 1.00 e. The Morgan fingerprint density at radius 1 is 1.23 bits per heavy atom. The van der Waals surface area contributed by atoms with E-state index in [-0.39, 0.29) is 25.6 Å². The maximum Gasteiger partial charge on any atom is 0.169 e. The Kier molecular flexibility index (Phi) is 12.1. The van der Waals surface area contributed by atoms with Crippen LogP contribution < -0.4 is 12.4 Å². The summed E-state index contributed by atoms with van der Waals surface area (Å²) >= 11 is 0. The average molecular weight is 361 g/mol. The topological polar surface area (TPSA) is 110 Å². The Bertz CT molecular complexity index is 286.